The third kappa shape index (κ3) is 1.82. The van der Waals surface area contributed by atoms with Crippen LogP contribution in [0.4, 0.5) is 0 Å². The first-order valence-electron chi connectivity index (χ1n) is 7.38. The maximum atomic E-state index is 5.99. The van der Waals surface area contributed by atoms with Crippen LogP contribution in [0, 0.1) is 13.8 Å². The maximum Gasteiger partial charge on any atom is 0.213 e. The lowest BCUT2D eigenvalue weighted by Gasteiger charge is -2.06. The monoisotopic (exact) mass is 289 g/mol. The first-order chi connectivity index (χ1) is 10.6. The number of rotatable bonds is 1. The molecule has 1 aromatic carbocycles. The molecule has 0 radical (unpaired) electrons. The van der Waals surface area contributed by atoms with Gasteiger partial charge in [0.1, 0.15) is 12.6 Å². The third-order valence-corrected chi connectivity index (χ3v) is 4.18. The topological polar surface area (TPSA) is 29.9 Å². The van der Waals surface area contributed by atoms with Crippen LogP contribution >= 0.6 is 0 Å². The molecule has 0 N–H and O–H groups in total. The molecule has 0 aliphatic rings. The van der Waals surface area contributed by atoms with E-state index in [2.05, 4.69) is 54.0 Å². The zero-order valence-electron chi connectivity index (χ0n) is 12.9. The lowest BCUT2D eigenvalue weighted by Crippen LogP contribution is -2.30. The summed E-state index contributed by atoms with van der Waals surface area (Å²) in [7, 11) is 2.07. The molecule has 0 saturated carbocycles. The largest absolute Gasteiger partial charge is 0.454 e. The summed E-state index contributed by atoms with van der Waals surface area (Å²) in [6, 6.07) is 12.5. The molecule has 0 saturated heterocycles. The second kappa shape index (κ2) is 4.67. The Bertz CT molecular complexity index is 1010. The number of fused-ring (bicyclic) bond motifs is 3. The van der Waals surface area contributed by atoms with Gasteiger partial charge in [0.25, 0.3) is 0 Å². The van der Waals surface area contributed by atoms with Crippen molar-refractivity contribution in [3.63, 3.8) is 0 Å². The van der Waals surface area contributed by atoms with Gasteiger partial charge < -0.3 is 4.42 Å². The summed E-state index contributed by atoms with van der Waals surface area (Å²) in [5.41, 5.74) is 6.40. The minimum atomic E-state index is 0.839. The van der Waals surface area contributed by atoms with E-state index < -0.39 is 0 Å². The molecule has 3 heterocycles. The Morgan fingerprint density at radius 2 is 1.91 bits per heavy atom. The molecule has 0 bridgehead atoms. The van der Waals surface area contributed by atoms with Gasteiger partial charge in [0, 0.05) is 28.6 Å². The first kappa shape index (κ1) is 13.0. The van der Waals surface area contributed by atoms with Crippen LogP contribution in [-0.2, 0) is 7.05 Å². The number of aryl methyl sites for hydroxylation is 3. The van der Waals surface area contributed by atoms with Crippen molar-refractivity contribution in [2.75, 3.05) is 0 Å². The van der Waals surface area contributed by atoms with Crippen LogP contribution in [0.2, 0.25) is 0 Å². The predicted molar refractivity (Wildman–Crippen MR) is 87.6 cm³/mol. The van der Waals surface area contributed by atoms with Crippen LogP contribution in [0.3, 0.4) is 0 Å². The van der Waals surface area contributed by atoms with Crippen molar-refractivity contribution >= 4 is 21.9 Å². The van der Waals surface area contributed by atoms with Crippen molar-refractivity contribution < 1.29 is 8.98 Å². The van der Waals surface area contributed by atoms with Crippen molar-refractivity contribution in [3.05, 3.63) is 60.0 Å². The van der Waals surface area contributed by atoms with E-state index in [1.54, 1.807) is 0 Å². The lowest BCUT2D eigenvalue weighted by molar-refractivity contribution is -0.660. The summed E-state index contributed by atoms with van der Waals surface area (Å²) >= 11 is 0. The Morgan fingerprint density at radius 1 is 1.05 bits per heavy atom. The quantitative estimate of drug-likeness (QED) is 0.494. The van der Waals surface area contributed by atoms with Gasteiger partial charge in [0.15, 0.2) is 11.8 Å². The molecule has 0 unspecified atom stereocenters. The molecule has 3 heteroatoms. The molecule has 4 aromatic rings. The molecule has 3 aromatic heterocycles. The van der Waals surface area contributed by atoms with Gasteiger partial charge in [-0.25, -0.2) is 4.57 Å². The van der Waals surface area contributed by atoms with E-state index in [0.29, 0.717) is 0 Å². The van der Waals surface area contributed by atoms with Gasteiger partial charge in [-0.2, -0.15) is 0 Å². The van der Waals surface area contributed by atoms with E-state index in [4.69, 9.17) is 4.42 Å². The van der Waals surface area contributed by atoms with E-state index in [1.165, 1.54) is 22.2 Å². The van der Waals surface area contributed by atoms with Crippen molar-refractivity contribution in [3.8, 4) is 11.3 Å². The highest BCUT2D eigenvalue weighted by atomic mass is 16.3. The highest BCUT2D eigenvalue weighted by Crippen LogP contribution is 2.37. The summed E-state index contributed by atoms with van der Waals surface area (Å²) in [5, 5.41) is 2.30. The molecule has 22 heavy (non-hydrogen) atoms. The Balaban J connectivity index is 2.22. The molecule has 0 fully saturated rings. The van der Waals surface area contributed by atoms with Gasteiger partial charge >= 0.3 is 0 Å². The maximum absolute atomic E-state index is 5.99. The molecule has 0 atom stereocenters. The first-order valence-corrected chi connectivity index (χ1v) is 7.38. The van der Waals surface area contributed by atoms with Crippen LogP contribution in [0.5, 0.6) is 0 Å². The molecular formula is C19H17N2O+. The number of benzene rings is 1. The van der Waals surface area contributed by atoms with E-state index >= 15 is 0 Å². The molecule has 0 aliphatic heterocycles. The number of hydrogen-bond acceptors (Lipinski definition) is 2. The fraction of sp³-hybridized carbons (Fsp3) is 0.158. The molecule has 3 nitrogen and oxygen atoms in total. The number of nitrogens with zero attached hydrogens (tertiary/aromatic N) is 2. The summed E-state index contributed by atoms with van der Waals surface area (Å²) < 4.78 is 8.14. The van der Waals surface area contributed by atoms with Gasteiger partial charge in [0.2, 0.25) is 5.69 Å². The van der Waals surface area contributed by atoms with Gasteiger partial charge in [-0.15, -0.1) is 0 Å². The lowest BCUT2D eigenvalue weighted by atomic mass is 9.98. The Hall–Kier alpha value is -2.68. The molecule has 0 spiro atoms. The van der Waals surface area contributed by atoms with Gasteiger partial charge in [-0.1, -0.05) is 6.07 Å². The highest BCUT2D eigenvalue weighted by Gasteiger charge is 2.20. The van der Waals surface area contributed by atoms with Crippen LogP contribution in [-0.4, -0.2) is 4.98 Å². The van der Waals surface area contributed by atoms with Crippen LogP contribution < -0.4 is 4.57 Å². The molecule has 0 amide bonds. The van der Waals surface area contributed by atoms with Crippen molar-refractivity contribution in [2.45, 2.75) is 13.8 Å². The smallest absolute Gasteiger partial charge is 0.213 e. The summed E-state index contributed by atoms with van der Waals surface area (Å²) in [6.07, 6.45) is 3.89. The Kier molecular flexibility index (Phi) is 2.76. The number of furan rings is 1. The summed E-state index contributed by atoms with van der Waals surface area (Å²) in [4.78, 5) is 4.35. The van der Waals surface area contributed by atoms with E-state index in [0.717, 1.165) is 22.2 Å². The Labute approximate surface area is 128 Å². The second-order valence-corrected chi connectivity index (χ2v) is 5.75. The number of pyridine rings is 2. The zero-order chi connectivity index (χ0) is 15.3. The van der Waals surface area contributed by atoms with E-state index in [9.17, 15) is 0 Å². The average Bonchev–Trinajstić information content (AvgIpc) is 2.86. The average molecular weight is 289 g/mol. The standard InChI is InChI=1S/C19H17N2O/c1-12-7-8-16-19(14-10-13(2)20-11-17(14)22-16)18(12)15-6-4-5-9-21(15)3/h4-11H,1-3H3/q+1. The van der Waals surface area contributed by atoms with Crippen molar-refractivity contribution in [1.29, 1.82) is 0 Å². The molecule has 0 aliphatic carbocycles. The Morgan fingerprint density at radius 3 is 2.73 bits per heavy atom. The molecule has 108 valence electrons. The fourth-order valence-electron chi connectivity index (χ4n) is 3.10. The fourth-order valence-corrected chi connectivity index (χ4v) is 3.10. The van der Waals surface area contributed by atoms with Crippen molar-refractivity contribution in [2.24, 2.45) is 7.05 Å². The number of hydrogen-bond donors (Lipinski definition) is 0. The van der Waals surface area contributed by atoms with Gasteiger partial charge in [-0.3, -0.25) is 4.98 Å². The second-order valence-electron chi connectivity index (χ2n) is 5.75. The van der Waals surface area contributed by atoms with Crippen LogP contribution in [0.15, 0.2) is 53.2 Å². The predicted octanol–water partition coefficient (Wildman–Crippen LogP) is 4.09. The van der Waals surface area contributed by atoms with E-state index in [-0.39, 0.29) is 0 Å². The molecular weight excluding hydrogens is 272 g/mol. The van der Waals surface area contributed by atoms with Crippen LogP contribution in [0.25, 0.3) is 33.2 Å². The SMILES string of the molecule is Cc1cc2c(cn1)oc1ccc(C)c(-c3cccc[n+]3C)c12. The van der Waals surface area contributed by atoms with Crippen molar-refractivity contribution in [1.82, 2.24) is 4.98 Å². The van der Waals surface area contributed by atoms with Gasteiger partial charge in [0.05, 0.1) is 11.8 Å². The van der Waals surface area contributed by atoms with Gasteiger partial charge in [-0.05, 0) is 37.6 Å². The van der Waals surface area contributed by atoms with Crippen LogP contribution in [0.1, 0.15) is 11.3 Å². The minimum absolute atomic E-state index is 0.839. The highest BCUT2D eigenvalue weighted by molar-refractivity contribution is 6.12. The zero-order valence-corrected chi connectivity index (χ0v) is 12.9. The normalized spacial score (nSPS) is 11.4. The summed E-state index contributed by atoms with van der Waals surface area (Å²) in [6.45, 7) is 4.16. The van der Waals surface area contributed by atoms with E-state index in [1.807, 2.05) is 25.3 Å². The molecule has 4 rings (SSSR count). The number of aromatic nitrogens is 2. The summed E-state index contributed by atoms with van der Waals surface area (Å²) in [5.74, 6) is 0. The minimum Gasteiger partial charge on any atom is -0.454 e. The third-order valence-electron chi connectivity index (χ3n) is 4.18.